The van der Waals surface area contributed by atoms with E-state index in [1.165, 1.54) is 17.2 Å². The average Bonchev–Trinajstić information content (AvgIpc) is 2.89. The molecule has 0 saturated heterocycles. The molecule has 0 unspecified atom stereocenters. The molecule has 2 rings (SSSR count). The first kappa shape index (κ1) is 16.3. The monoisotopic (exact) mass is 301 g/mol. The van der Waals surface area contributed by atoms with Crippen LogP contribution in [-0.4, -0.2) is 12.3 Å². The van der Waals surface area contributed by atoms with Crippen LogP contribution in [0.3, 0.4) is 0 Å². The van der Waals surface area contributed by atoms with Crippen LogP contribution in [0.15, 0.2) is 64.4 Å². The number of nitrogens with zero attached hydrogens (tertiary/aromatic N) is 1. The Hall–Kier alpha value is -2.10. The maximum absolute atomic E-state index is 12.3. The molecule has 4 heteroatoms. The minimum absolute atomic E-state index is 0.212. The molecule has 0 aromatic carbocycles. The van der Waals surface area contributed by atoms with Crippen molar-refractivity contribution in [3.63, 3.8) is 0 Å². The standard InChI is InChI=1S/C18H24FN3/c1-13-5-3-6-14(2)22-18(13)9-16-11-21-12-17(16)15(10-20)7-4-8-19/h4-6,8,10-11,17,21H,3,7,9,12,20H2,1-2H3/b8-4+,15-10+/t17-/m1/s1. The highest BCUT2D eigenvalue weighted by Crippen LogP contribution is 2.30. The van der Waals surface area contributed by atoms with Crippen molar-refractivity contribution in [3.8, 4) is 0 Å². The molecule has 3 N–H and O–H groups in total. The Morgan fingerprint density at radius 3 is 3.00 bits per heavy atom. The van der Waals surface area contributed by atoms with E-state index in [4.69, 9.17) is 10.7 Å². The zero-order valence-electron chi connectivity index (χ0n) is 13.3. The van der Waals surface area contributed by atoms with Gasteiger partial charge in [-0.25, -0.2) is 4.39 Å². The Kier molecular flexibility index (Phi) is 5.75. The van der Waals surface area contributed by atoms with Crippen molar-refractivity contribution >= 4 is 5.71 Å². The third-order valence-electron chi connectivity index (χ3n) is 4.14. The lowest BCUT2D eigenvalue weighted by Crippen LogP contribution is -2.16. The average molecular weight is 301 g/mol. The van der Waals surface area contributed by atoms with Gasteiger partial charge < -0.3 is 11.1 Å². The summed E-state index contributed by atoms with van der Waals surface area (Å²) in [6.45, 7) is 4.94. The second-order valence-electron chi connectivity index (χ2n) is 5.69. The Labute approximate surface area is 131 Å². The van der Waals surface area contributed by atoms with Gasteiger partial charge in [0.15, 0.2) is 0 Å². The zero-order chi connectivity index (χ0) is 15.9. The molecule has 118 valence electrons. The van der Waals surface area contributed by atoms with Gasteiger partial charge in [-0.3, -0.25) is 4.99 Å². The third kappa shape index (κ3) is 3.97. The summed E-state index contributed by atoms with van der Waals surface area (Å²) < 4.78 is 12.3. The summed E-state index contributed by atoms with van der Waals surface area (Å²) in [5, 5.41) is 3.28. The molecular weight excluding hydrogens is 277 g/mol. The highest BCUT2D eigenvalue weighted by Gasteiger charge is 2.24. The van der Waals surface area contributed by atoms with E-state index in [0.717, 1.165) is 36.4 Å². The van der Waals surface area contributed by atoms with Gasteiger partial charge in [-0.1, -0.05) is 18.2 Å². The highest BCUT2D eigenvalue weighted by atomic mass is 19.1. The topological polar surface area (TPSA) is 50.4 Å². The lowest BCUT2D eigenvalue weighted by molar-refractivity contribution is 0.686. The molecule has 0 amide bonds. The normalized spacial score (nSPS) is 22.7. The number of rotatable bonds is 5. The fourth-order valence-corrected chi connectivity index (χ4v) is 2.83. The maximum Gasteiger partial charge on any atom is 0.0830 e. The number of halogens is 1. The van der Waals surface area contributed by atoms with Gasteiger partial charge in [-0.2, -0.15) is 0 Å². The summed E-state index contributed by atoms with van der Waals surface area (Å²) in [6, 6.07) is 0. The summed E-state index contributed by atoms with van der Waals surface area (Å²) >= 11 is 0. The van der Waals surface area contributed by atoms with Crippen LogP contribution in [0.5, 0.6) is 0 Å². The summed E-state index contributed by atoms with van der Waals surface area (Å²) in [5.41, 5.74) is 11.4. The minimum atomic E-state index is 0.212. The van der Waals surface area contributed by atoms with Gasteiger partial charge in [-0.15, -0.1) is 0 Å². The van der Waals surface area contributed by atoms with Gasteiger partial charge in [0.25, 0.3) is 0 Å². The molecule has 0 spiro atoms. The van der Waals surface area contributed by atoms with Gasteiger partial charge >= 0.3 is 0 Å². The molecule has 2 aliphatic heterocycles. The van der Waals surface area contributed by atoms with Crippen molar-refractivity contribution in [3.05, 3.63) is 59.4 Å². The Balaban J connectivity index is 2.16. The maximum atomic E-state index is 12.3. The lowest BCUT2D eigenvalue weighted by Gasteiger charge is -2.18. The predicted molar refractivity (Wildman–Crippen MR) is 90.9 cm³/mol. The van der Waals surface area contributed by atoms with E-state index in [1.54, 1.807) is 6.20 Å². The van der Waals surface area contributed by atoms with Crippen LogP contribution in [0.2, 0.25) is 0 Å². The molecular formula is C18H24FN3. The number of nitrogens with two attached hydrogens (primary N) is 1. The van der Waals surface area contributed by atoms with Crippen LogP contribution in [0.4, 0.5) is 4.39 Å². The van der Waals surface area contributed by atoms with E-state index >= 15 is 0 Å². The van der Waals surface area contributed by atoms with Crippen molar-refractivity contribution in [2.75, 3.05) is 6.54 Å². The molecule has 22 heavy (non-hydrogen) atoms. The first-order valence-electron chi connectivity index (χ1n) is 7.65. The number of allylic oxidation sites excluding steroid dienone is 5. The summed E-state index contributed by atoms with van der Waals surface area (Å²) in [5.74, 6) is 0.212. The van der Waals surface area contributed by atoms with Gasteiger partial charge in [0.1, 0.15) is 0 Å². The second kappa shape index (κ2) is 7.78. The third-order valence-corrected chi connectivity index (χ3v) is 4.14. The smallest absolute Gasteiger partial charge is 0.0830 e. The molecule has 1 atom stereocenters. The van der Waals surface area contributed by atoms with Gasteiger partial charge in [0, 0.05) is 30.3 Å². The molecule has 0 fully saturated rings. The SMILES string of the molecule is CC1=CCC=C(C)C(CC2=CNC[C@@H]2/C(=C/N)C/C=C/F)=N1. The van der Waals surface area contributed by atoms with Crippen molar-refractivity contribution < 1.29 is 4.39 Å². The fourth-order valence-electron chi connectivity index (χ4n) is 2.83. The quantitative estimate of drug-likeness (QED) is 0.809. The highest BCUT2D eigenvalue weighted by molar-refractivity contribution is 6.02. The second-order valence-corrected chi connectivity index (χ2v) is 5.69. The van der Waals surface area contributed by atoms with Crippen LogP contribution in [-0.2, 0) is 0 Å². The van der Waals surface area contributed by atoms with Crippen LogP contribution >= 0.6 is 0 Å². The Morgan fingerprint density at radius 2 is 2.27 bits per heavy atom. The molecule has 0 radical (unpaired) electrons. The largest absolute Gasteiger partial charge is 0.405 e. The molecule has 2 heterocycles. The van der Waals surface area contributed by atoms with Crippen LogP contribution < -0.4 is 11.1 Å². The first-order chi connectivity index (χ1) is 10.7. The molecule has 0 aromatic heterocycles. The number of hydrogen-bond donors (Lipinski definition) is 2. The molecule has 2 aliphatic rings. The minimum Gasteiger partial charge on any atom is -0.405 e. The number of aliphatic imine (C=N–C) groups is 1. The molecule has 0 saturated carbocycles. The molecule has 0 aromatic rings. The zero-order valence-corrected chi connectivity index (χ0v) is 13.3. The number of nitrogens with one attached hydrogen (secondary N) is 1. The van der Waals surface area contributed by atoms with Crippen LogP contribution in [0, 0.1) is 5.92 Å². The summed E-state index contributed by atoms with van der Waals surface area (Å²) in [6.07, 6.45) is 12.3. The Bertz CT molecular complexity index is 591. The fraction of sp³-hybridized carbons (Fsp3) is 0.389. The first-order valence-corrected chi connectivity index (χ1v) is 7.65. The van der Waals surface area contributed by atoms with Gasteiger partial charge in [0.2, 0.25) is 0 Å². The molecule has 3 nitrogen and oxygen atoms in total. The van der Waals surface area contributed by atoms with Gasteiger partial charge in [0.05, 0.1) is 6.33 Å². The van der Waals surface area contributed by atoms with Crippen molar-refractivity contribution in [1.29, 1.82) is 0 Å². The number of hydrogen-bond acceptors (Lipinski definition) is 3. The Morgan fingerprint density at radius 1 is 1.45 bits per heavy atom. The van der Waals surface area contributed by atoms with E-state index in [-0.39, 0.29) is 5.92 Å². The predicted octanol–water partition coefficient (Wildman–Crippen LogP) is 3.89. The summed E-state index contributed by atoms with van der Waals surface area (Å²) in [7, 11) is 0. The lowest BCUT2D eigenvalue weighted by atomic mass is 9.87. The van der Waals surface area contributed by atoms with E-state index in [9.17, 15) is 4.39 Å². The van der Waals surface area contributed by atoms with E-state index in [2.05, 4.69) is 24.4 Å². The van der Waals surface area contributed by atoms with Gasteiger partial charge in [-0.05, 0) is 55.8 Å². The van der Waals surface area contributed by atoms with E-state index in [0.29, 0.717) is 12.8 Å². The van der Waals surface area contributed by atoms with Crippen molar-refractivity contribution in [1.82, 2.24) is 5.32 Å². The van der Waals surface area contributed by atoms with Crippen LogP contribution in [0.1, 0.15) is 33.1 Å². The van der Waals surface area contributed by atoms with Crippen molar-refractivity contribution in [2.45, 2.75) is 33.1 Å². The van der Waals surface area contributed by atoms with Crippen LogP contribution in [0.25, 0.3) is 0 Å². The van der Waals surface area contributed by atoms with Crippen molar-refractivity contribution in [2.24, 2.45) is 16.6 Å². The summed E-state index contributed by atoms with van der Waals surface area (Å²) in [4.78, 5) is 4.72. The van der Waals surface area contributed by atoms with E-state index < -0.39 is 0 Å². The molecule has 0 aliphatic carbocycles. The van der Waals surface area contributed by atoms with E-state index in [1.807, 2.05) is 13.1 Å². The molecule has 0 bridgehead atoms.